The van der Waals surface area contributed by atoms with Gasteiger partial charge in [-0.05, 0) is 35.7 Å². The van der Waals surface area contributed by atoms with E-state index in [1.807, 2.05) is 18.3 Å². The van der Waals surface area contributed by atoms with Crippen molar-refractivity contribution in [2.45, 2.75) is 18.9 Å². The average Bonchev–Trinajstić information content (AvgIpc) is 2.81. The summed E-state index contributed by atoms with van der Waals surface area (Å²) in [4.78, 5) is 0. The molecule has 1 heterocycles. The fraction of sp³-hybridized carbons (Fsp3) is 0.176. The van der Waals surface area contributed by atoms with Crippen molar-refractivity contribution in [2.24, 2.45) is 0 Å². The standard InChI is InChI=1S/C17H14FN/c18-16-6-3-7-17-15(16)8-9-19(17)11-13-10-12-4-1-2-5-14(12)13/h1-9,13H,10-11H2. The SMILES string of the molecule is Fc1cccc2c1ccn2CC1Cc2ccccc21. The van der Waals surface area contributed by atoms with Crippen LogP contribution in [0.25, 0.3) is 10.9 Å². The molecule has 0 amide bonds. The van der Waals surface area contributed by atoms with E-state index in [1.54, 1.807) is 6.07 Å². The normalized spacial score (nSPS) is 17.2. The topological polar surface area (TPSA) is 4.93 Å². The van der Waals surface area contributed by atoms with Crippen LogP contribution in [-0.4, -0.2) is 4.57 Å². The van der Waals surface area contributed by atoms with E-state index in [4.69, 9.17) is 0 Å². The summed E-state index contributed by atoms with van der Waals surface area (Å²) < 4.78 is 15.8. The van der Waals surface area contributed by atoms with Crippen molar-refractivity contribution in [3.63, 3.8) is 0 Å². The first-order valence-electron chi connectivity index (χ1n) is 6.64. The third-order valence-electron chi connectivity index (χ3n) is 4.14. The summed E-state index contributed by atoms with van der Waals surface area (Å²) in [6.07, 6.45) is 3.12. The number of hydrogen-bond acceptors (Lipinski definition) is 0. The number of rotatable bonds is 2. The zero-order chi connectivity index (χ0) is 12.8. The highest BCUT2D eigenvalue weighted by Gasteiger charge is 2.25. The van der Waals surface area contributed by atoms with Gasteiger partial charge in [0.1, 0.15) is 5.82 Å². The van der Waals surface area contributed by atoms with Crippen molar-refractivity contribution < 1.29 is 4.39 Å². The molecule has 0 fully saturated rings. The highest BCUT2D eigenvalue weighted by Crippen LogP contribution is 2.36. The zero-order valence-electron chi connectivity index (χ0n) is 10.5. The number of fused-ring (bicyclic) bond motifs is 2. The number of aromatic nitrogens is 1. The number of hydrogen-bond donors (Lipinski definition) is 0. The fourth-order valence-corrected chi connectivity index (χ4v) is 3.11. The minimum Gasteiger partial charge on any atom is -0.347 e. The molecule has 0 spiro atoms. The molecule has 1 unspecified atom stereocenters. The van der Waals surface area contributed by atoms with Gasteiger partial charge in [-0.3, -0.25) is 0 Å². The second-order valence-corrected chi connectivity index (χ2v) is 5.24. The Hall–Kier alpha value is -2.09. The van der Waals surface area contributed by atoms with Crippen LogP contribution in [0.1, 0.15) is 17.0 Å². The van der Waals surface area contributed by atoms with Crippen molar-refractivity contribution >= 4 is 10.9 Å². The van der Waals surface area contributed by atoms with E-state index in [2.05, 4.69) is 28.8 Å². The molecule has 0 N–H and O–H groups in total. The predicted molar refractivity (Wildman–Crippen MR) is 74.8 cm³/mol. The molecule has 2 heteroatoms. The summed E-state index contributed by atoms with van der Waals surface area (Å²) in [6.45, 7) is 0.934. The Bertz CT molecular complexity index is 757. The largest absolute Gasteiger partial charge is 0.347 e. The van der Waals surface area contributed by atoms with Gasteiger partial charge in [-0.15, -0.1) is 0 Å². The summed E-state index contributed by atoms with van der Waals surface area (Å²) >= 11 is 0. The molecule has 1 aromatic heterocycles. The summed E-state index contributed by atoms with van der Waals surface area (Å²) in [7, 11) is 0. The monoisotopic (exact) mass is 251 g/mol. The minimum atomic E-state index is -0.134. The Labute approximate surface area is 111 Å². The molecular weight excluding hydrogens is 237 g/mol. The lowest BCUT2D eigenvalue weighted by molar-refractivity contribution is 0.518. The average molecular weight is 251 g/mol. The molecule has 0 radical (unpaired) electrons. The lowest BCUT2D eigenvalue weighted by atomic mass is 9.77. The maximum atomic E-state index is 13.7. The lowest BCUT2D eigenvalue weighted by Gasteiger charge is -2.30. The first-order chi connectivity index (χ1) is 9.33. The minimum absolute atomic E-state index is 0.134. The van der Waals surface area contributed by atoms with Crippen LogP contribution in [0.15, 0.2) is 54.7 Å². The molecule has 19 heavy (non-hydrogen) atoms. The smallest absolute Gasteiger partial charge is 0.132 e. The molecule has 4 rings (SSSR count). The maximum absolute atomic E-state index is 13.7. The number of benzene rings is 2. The van der Waals surface area contributed by atoms with Gasteiger partial charge in [-0.1, -0.05) is 30.3 Å². The highest BCUT2D eigenvalue weighted by atomic mass is 19.1. The summed E-state index contributed by atoms with van der Waals surface area (Å²) in [5.41, 5.74) is 3.89. The Morgan fingerprint density at radius 1 is 1.05 bits per heavy atom. The van der Waals surface area contributed by atoms with E-state index >= 15 is 0 Å². The van der Waals surface area contributed by atoms with Crippen molar-refractivity contribution in [2.75, 3.05) is 0 Å². The van der Waals surface area contributed by atoms with Crippen molar-refractivity contribution in [3.05, 3.63) is 71.7 Å². The van der Waals surface area contributed by atoms with Crippen LogP contribution in [-0.2, 0) is 13.0 Å². The Morgan fingerprint density at radius 2 is 1.95 bits per heavy atom. The van der Waals surface area contributed by atoms with E-state index in [9.17, 15) is 4.39 Å². The maximum Gasteiger partial charge on any atom is 0.132 e. The van der Waals surface area contributed by atoms with E-state index in [-0.39, 0.29) is 5.82 Å². The molecule has 0 aliphatic heterocycles. The molecule has 2 aromatic carbocycles. The summed E-state index contributed by atoms with van der Waals surface area (Å²) in [5, 5.41) is 0.718. The molecule has 94 valence electrons. The Kier molecular flexibility index (Phi) is 2.25. The van der Waals surface area contributed by atoms with E-state index in [0.717, 1.165) is 23.9 Å². The first kappa shape index (κ1) is 10.8. The van der Waals surface area contributed by atoms with Gasteiger partial charge in [0.05, 0.1) is 5.52 Å². The van der Waals surface area contributed by atoms with Gasteiger partial charge < -0.3 is 4.57 Å². The van der Waals surface area contributed by atoms with Crippen LogP contribution >= 0.6 is 0 Å². The molecule has 3 aromatic rings. The molecule has 1 nitrogen and oxygen atoms in total. The molecule has 0 saturated carbocycles. The number of halogens is 1. The highest BCUT2D eigenvalue weighted by molar-refractivity contribution is 5.80. The molecule has 1 aliphatic rings. The van der Waals surface area contributed by atoms with Gasteiger partial charge >= 0.3 is 0 Å². The molecule has 0 bridgehead atoms. The molecule has 0 saturated heterocycles. The molecular formula is C17H14FN. The second-order valence-electron chi connectivity index (χ2n) is 5.24. The van der Waals surface area contributed by atoms with Crippen LogP contribution in [0.5, 0.6) is 0 Å². The van der Waals surface area contributed by atoms with Crippen LogP contribution in [0, 0.1) is 5.82 Å². The fourth-order valence-electron chi connectivity index (χ4n) is 3.11. The molecule has 1 atom stereocenters. The second kappa shape index (κ2) is 3.95. The quantitative estimate of drug-likeness (QED) is 0.645. The first-order valence-corrected chi connectivity index (χ1v) is 6.64. The number of nitrogens with zero attached hydrogens (tertiary/aromatic N) is 1. The third-order valence-corrected chi connectivity index (χ3v) is 4.14. The Balaban J connectivity index is 1.69. The van der Waals surface area contributed by atoms with Crippen LogP contribution in [0.4, 0.5) is 4.39 Å². The van der Waals surface area contributed by atoms with Gasteiger partial charge in [0.2, 0.25) is 0 Å². The lowest BCUT2D eigenvalue weighted by Crippen LogP contribution is -2.21. The van der Waals surface area contributed by atoms with Crippen molar-refractivity contribution in [1.29, 1.82) is 0 Å². The summed E-state index contributed by atoms with van der Waals surface area (Å²) in [5.74, 6) is 0.431. The van der Waals surface area contributed by atoms with Gasteiger partial charge in [-0.2, -0.15) is 0 Å². The van der Waals surface area contributed by atoms with E-state index in [1.165, 1.54) is 17.2 Å². The van der Waals surface area contributed by atoms with Crippen LogP contribution in [0.3, 0.4) is 0 Å². The summed E-state index contributed by atoms with van der Waals surface area (Å²) in [6, 6.07) is 15.7. The van der Waals surface area contributed by atoms with Gasteiger partial charge in [0.25, 0.3) is 0 Å². The van der Waals surface area contributed by atoms with E-state index < -0.39 is 0 Å². The van der Waals surface area contributed by atoms with Gasteiger partial charge in [0.15, 0.2) is 0 Å². The third kappa shape index (κ3) is 1.60. The molecule has 1 aliphatic carbocycles. The van der Waals surface area contributed by atoms with Crippen LogP contribution < -0.4 is 0 Å². The van der Waals surface area contributed by atoms with E-state index in [0.29, 0.717) is 5.92 Å². The predicted octanol–water partition coefficient (Wildman–Crippen LogP) is 4.12. The van der Waals surface area contributed by atoms with Gasteiger partial charge in [-0.25, -0.2) is 4.39 Å². The van der Waals surface area contributed by atoms with Crippen molar-refractivity contribution in [1.82, 2.24) is 4.57 Å². The van der Waals surface area contributed by atoms with Crippen LogP contribution in [0.2, 0.25) is 0 Å². The Morgan fingerprint density at radius 3 is 2.84 bits per heavy atom. The zero-order valence-corrected chi connectivity index (χ0v) is 10.5. The van der Waals surface area contributed by atoms with Gasteiger partial charge in [0, 0.05) is 24.0 Å². The van der Waals surface area contributed by atoms with Crippen molar-refractivity contribution in [3.8, 4) is 0 Å².